The molecular formula is C17H11ClN4O2. The van der Waals surface area contributed by atoms with Crippen LogP contribution in [0, 0.1) is 6.92 Å². The average Bonchev–Trinajstić information content (AvgIpc) is 3.22. The Labute approximate surface area is 142 Å². The van der Waals surface area contributed by atoms with Crippen LogP contribution in [0.4, 0.5) is 0 Å². The number of hydrogen-bond acceptors (Lipinski definition) is 6. The first-order chi connectivity index (χ1) is 11.7. The molecule has 3 aromatic heterocycles. The number of benzene rings is 1. The van der Waals surface area contributed by atoms with Gasteiger partial charge in [0.1, 0.15) is 22.2 Å². The van der Waals surface area contributed by atoms with Crippen LogP contribution in [0.15, 0.2) is 57.6 Å². The lowest BCUT2D eigenvalue weighted by Gasteiger charge is -1.98. The Morgan fingerprint density at radius 1 is 0.958 bits per heavy atom. The molecule has 3 heterocycles. The molecular weight excluding hydrogens is 328 g/mol. The van der Waals surface area contributed by atoms with Crippen molar-refractivity contribution in [3.8, 4) is 34.2 Å². The molecule has 0 aliphatic carbocycles. The summed E-state index contributed by atoms with van der Waals surface area (Å²) in [5.41, 5.74) is 2.95. The molecule has 0 aliphatic heterocycles. The van der Waals surface area contributed by atoms with Crippen LogP contribution in [0.1, 0.15) is 5.76 Å². The summed E-state index contributed by atoms with van der Waals surface area (Å²) < 4.78 is 11.1. The molecule has 0 unspecified atom stereocenters. The zero-order valence-electron chi connectivity index (χ0n) is 12.6. The molecule has 0 radical (unpaired) electrons. The van der Waals surface area contributed by atoms with E-state index in [0.29, 0.717) is 39.5 Å². The monoisotopic (exact) mass is 338 g/mol. The van der Waals surface area contributed by atoms with Crippen molar-refractivity contribution in [2.45, 2.75) is 6.92 Å². The van der Waals surface area contributed by atoms with E-state index in [4.69, 9.17) is 20.5 Å². The van der Waals surface area contributed by atoms with E-state index in [2.05, 4.69) is 20.3 Å². The van der Waals surface area contributed by atoms with Crippen LogP contribution < -0.4 is 0 Å². The number of aromatic nitrogens is 4. The quantitative estimate of drug-likeness (QED) is 0.515. The Morgan fingerprint density at radius 3 is 2.54 bits per heavy atom. The molecule has 7 heteroatoms. The zero-order chi connectivity index (χ0) is 16.5. The van der Waals surface area contributed by atoms with Crippen LogP contribution >= 0.6 is 11.6 Å². The molecule has 0 N–H and O–H groups in total. The molecule has 0 fully saturated rings. The maximum Gasteiger partial charge on any atom is 0.254 e. The summed E-state index contributed by atoms with van der Waals surface area (Å²) in [4.78, 5) is 3.94. The number of aryl methyl sites for hydroxylation is 1. The first kappa shape index (κ1) is 14.6. The third kappa shape index (κ3) is 2.57. The number of pyridine rings is 1. The third-order valence-electron chi connectivity index (χ3n) is 3.52. The fourth-order valence-electron chi connectivity index (χ4n) is 2.39. The molecule has 0 saturated heterocycles. The van der Waals surface area contributed by atoms with Gasteiger partial charge in [-0.25, -0.2) is 4.98 Å². The first-order valence-corrected chi connectivity index (χ1v) is 7.57. The SMILES string of the molecule is Cc1onc(-c2ccccc2)c1-c1nnc(-c2ccnc(Cl)c2)o1. The highest BCUT2D eigenvalue weighted by Crippen LogP contribution is 2.34. The van der Waals surface area contributed by atoms with Gasteiger partial charge >= 0.3 is 0 Å². The fraction of sp³-hybridized carbons (Fsp3) is 0.0588. The maximum absolute atomic E-state index is 5.91. The third-order valence-corrected chi connectivity index (χ3v) is 3.73. The van der Waals surface area contributed by atoms with Gasteiger partial charge in [-0.05, 0) is 19.1 Å². The summed E-state index contributed by atoms with van der Waals surface area (Å²) in [6.07, 6.45) is 1.58. The Hall–Kier alpha value is -2.99. The Kier molecular flexibility index (Phi) is 3.59. The number of hydrogen-bond donors (Lipinski definition) is 0. The van der Waals surface area contributed by atoms with Crippen molar-refractivity contribution < 1.29 is 8.94 Å². The lowest BCUT2D eigenvalue weighted by atomic mass is 10.1. The highest BCUT2D eigenvalue weighted by molar-refractivity contribution is 6.29. The first-order valence-electron chi connectivity index (χ1n) is 7.20. The number of rotatable bonds is 3. The second-order valence-corrected chi connectivity index (χ2v) is 5.50. The van der Waals surface area contributed by atoms with Gasteiger partial charge in [0, 0.05) is 17.3 Å². The van der Waals surface area contributed by atoms with E-state index in [1.807, 2.05) is 37.3 Å². The minimum atomic E-state index is 0.343. The Morgan fingerprint density at radius 2 is 1.75 bits per heavy atom. The van der Waals surface area contributed by atoms with Crippen LogP contribution in [-0.2, 0) is 0 Å². The Balaban J connectivity index is 1.80. The summed E-state index contributed by atoms with van der Waals surface area (Å²) in [6.45, 7) is 1.81. The zero-order valence-corrected chi connectivity index (χ0v) is 13.4. The second kappa shape index (κ2) is 5.90. The lowest BCUT2D eigenvalue weighted by molar-refractivity contribution is 0.399. The summed E-state index contributed by atoms with van der Waals surface area (Å²) in [6, 6.07) is 13.1. The normalized spacial score (nSPS) is 10.9. The summed E-state index contributed by atoms with van der Waals surface area (Å²) in [7, 11) is 0. The van der Waals surface area contributed by atoms with Gasteiger partial charge in [-0.1, -0.05) is 47.1 Å². The maximum atomic E-state index is 5.91. The molecule has 0 saturated carbocycles. The molecule has 0 aliphatic rings. The van der Waals surface area contributed by atoms with E-state index in [9.17, 15) is 0 Å². The van der Waals surface area contributed by atoms with Gasteiger partial charge in [-0.2, -0.15) is 0 Å². The molecule has 0 spiro atoms. The summed E-state index contributed by atoms with van der Waals surface area (Å²) in [5.74, 6) is 1.31. The average molecular weight is 339 g/mol. The van der Waals surface area contributed by atoms with E-state index in [-0.39, 0.29) is 0 Å². The topological polar surface area (TPSA) is 77.8 Å². The van der Waals surface area contributed by atoms with Gasteiger partial charge in [-0.15, -0.1) is 10.2 Å². The van der Waals surface area contributed by atoms with Crippen LogP contribution in [-0.4, -0.2) is 20.3 Å². The molecule has 0 amide bonds. The molecule has 0 atom stereocenters. The van der Waals surface area contributed by atoms with Crippen molar-refractivity contribution in [1.29, 1.82) is 0 Å². The van der Waals surface area contributed by atoms with E-state index in [0.717, 1.165) is 5.56 Å². The molecule has 4 rings (SSSR count). The van der Waals surface area contributed by atoms with Crippen LogP contribution in [0.25, 0.3) is 34.2 Å². The van der Waals surface area contributed by atoms with E-state index in [1.165, 1.54) is 0 Å². The van der Waals surface area contributed by atoms with Crippen molar-refractivity contribution >= 4 is 11.6 Å². The van der Waals surface area contributed by atoms with Gasteiger partial charge in [-0.3, -0.25) is 0 Å². The number of halogens is 1. The molecule has 4 aromatic rings. The smallest absolute Gasteiger partial charge is 0.254 e. The summed E-state index contributed by atoms with van der Waals surface area (Å²) in [5, 5.41) is 12.7. The van der Waals surface area contributed by atoms with Crippen molar-refractivity contribution in [1.82, 2.24) is 20.3 Å². The lowest BCUT2D eigenvalue weighted by Crippen LogP contribution is -1.84. The minimum absolute atomic E-state index is 0.343. The van der Waals surface area contributed by atoms with Crippen molar-refractivity contribution in [2.24, 2.45) is 0 Å². The van der Waals surface area contributed by atoms with E-state index < -0.39 is 0 Å². The predicted molar refractivity (Wildman–Crippen MR) is 88.2 cm³/mol. The van der Waals surface area contributed by atoms with Gasteiger partial charge in [0.2, 0.25) is 5.89 Å². The van der Waals surface area contributed by atoms with Crippen LogP contribution in [0.3, 0.4) is 0 Å². The molecule has 1 aromatic carbocycles. The molecule has 0 bridgehead atoms. The van der Waals surface area contributed by atoms with Gasteiger partial charge < -0.3 is 8.94 Å². The number of nitrogens with zero attached hydrogens (tertiary/aromatic N) is 4. The van der Waals surface area contributed by atoms with Gasteiger partial charge in [0.05, 0.1) is 0 Å². The molecule has 6 nitrogen and oxygen atoms in total. The second-order valence-electron chi connectivity index (χ2n) is 5.11. The van der Waals surface area contributed by atoms with Gasteiger partial charge in [0.15, 0.2) is 0 Å². The van der Waals surface area contributed by atoms with Crippen molar-refractivity contribution in [3.05, 3.63) is 59.6 Å². The van der Waals surface area contributed by atoms with Crippen molar-refractivity contribution in [2.75, 3.05) is 0 Å². The van der Waals surface area contributed by atoms with E-state index >= 15 is 0 Å². The molecule has 118 valence electrons. The van der Waals surface area contributed by atoms with Crippen LogP contribution in [0.5, 0.6) is 0 Å². The molecule has 24 heavy (non-hydrogen) atoms. The minimum Gasteiger partial charge on any atom is -0.416 e. The predicted octanol–water partition coefficient (Wildman–Crippen LogP) is 4.42. The van der Waals surface area contributed by atoms with Crippen LogP contribution in [0.2, 0.25) is 5.15 Å². The summed E-state index contributed by atoms with van der Waals surface area (Å²) >= 11 is 5.91. The largest absolute Gasteiger partial charge is 0.416 e. The highest BCUT2D eigenvalue weighted by Gasteiger charge is 2.22. The highest BCUT2D eigenvalue weighted by atomic mass is 35.5. The van der Waals surface area contributed by atoms with Crippen molar-refractivity contribution in [3.63, 3.8) is 0 Å². The van der Waals surface area contributed by atoms with E-state index in [1.54, 1.807) is 18.3 Å². The fourth-order valence-corrected chi connectivity index (χ4v) is 2.57. The Bertz CT molecular complexity index is 995. The van der Waals surface area contributed by atoms with Gasteiger partial charge in [0.25, 0.3) is 5.89 Å². The standard InChI is InChI=1S/C17H11ClN4O2/c1-10-14(15(22-24-10)11-5-3-2-4-6-11)17-21-20-16(23-17)12-7-8-19-13(18)9-12/h2-9H,1H3.